The molecule has 2 atom stereocenters. The molecule has 4 heterocycles. The first-order valence-corrected chi connectivity index (χ1v) is 10.5. The van der Waals surface area contributed by atoms with E-state index in [-0.39, 0.29) is 0 Å². The number of likely N-dealkylation sites (tertiary alicyclic amines) is 1. The third kappa shape index (κ3) is 3.89. The summed E-state index contributed by atoms with van der Waals surface area (Å²) < 4.78 is 10.1. The van der Waals surface area contributed by atoms with E-state index < -0.39 is 0 Å². The maximum atomic E-state index is 5.78. The van der Waals surface area contributed by atoms with E-state index in [1.807, 2.05) is 28.2 Å². The molecule has 0 aliphatic carbocycles. The molecule has 1 aliphatic rings. The Morgan fingerprint density at radius 1 is 1.33 bits per heavy atom. The quantitative estimate of drug-likeness (QED) is 0.617. The van der Waals surface area contributed by atoms with Gasteiger partial charge in [-0.25, -0.2) is 0 Å². The van der Waals surface area contributed by atoms with Crippen LogP contribution in [0.4, 0.5) is 0 Å². The van der Waals surface area contributed by atoms with Crippen molar-refractivity contribution < 1.29 is 9.64 Å². The first-order chi connectivity index (χ1) is 13.3. The van der Waals surface area contributed by atoms with E-state index in [0.717, 1.165) is 29.4 Å². The summed E-state index contributed by atoms with van der Waals surface area (Å²) in [5, 5.41) is 7.05. The van der Waals surface area contributed by atoms with Crippen molar-refractivity contribution in [1.82, 2.24) is 19.3 Å². The summed E-state index contributed by atoms with van der Waals surface area (Å²) in [6, 6.07) is 8.88. The van der Waals surface area contributed by atoms with Gasteiger partial charge in [0.05, 0.1) is 24.6 Å². The van der Waals surface area contributed by atoms with Gasteiger partial charge in [0, 0.05) is 37.9 Å². The maximum Gasteiger partial charge on any atom is 0.203 e. The van der Waals surface area contributed by atoms with Crippen molar-refractivity contribution in [2.75, 3.05) is 20.3 Å². The van der Waals surface area contributed by atoms with Gasteiger partial charge >= 0.3 is 0 Å². The van der Waals surface area contributed by atoms with Crippen LogP contribution < -0.4 is 4.90 Å². The van der Waals surface area contributed by atoms with Crippen LogP contribution in [0.1, 0.15) is 23.8 Å². The van der Waals surface area contributed by atoms with Gasteiger partial charge in [-0.3, -0.25) is 9.55 Å². The van der Waals surface area contributed by atoms with E-state index in [1.165, 1.54) is 22.6 Å². The summed E-state index contributed by atoms with van der Waals surface area (Å²) in [6.07, 6.45) is 6.05. The van der Waals surface area contributed by atoms with Crippen LogP contribution in [0.25, 0.3) is 11.4 Å². The second-order valence-corrected chi connectivity index (χ2v) is 8.11. The summed E-state index contributed by atoms with van der Waals surface area (Å²) in [5.41, 5.74) is 1.03. The SMILES string of the molecule is COCCn1c(-c2ccncc2)nn(C[NH+]2CCC[C@@H]2c2cccs2)c1=S. The average molecular weight is 403 g/mol. The number of nitrogens with zero attached hydrogens (tertiary/aromatic N) is 4. The Kier molecular flexibility index (Phi) is 5.77. The predicted octanol–water partition coefficient (Wildman–Crippen LogP) is 2.56. The van der Waals surface area contributed by atoms with Crippen molar-refractivity contribution in [3.63, 3.8) is 0 Å². The molecule has 142 valence electrons. The predicted molar refractivity (Wildman–Crippen MR) is 108 cm³/mol. The minimum Gasteiger partial charge on any atom is -0.383 e. The Bertz CT molecular complexity index is 919. The second-order valence-electron chi connectivity index (χ2n) is 6.76. The molecule has 1 unspecified atom stereocenters. The Morgan fingerprint density at radius 3 is 2.93 bits per heavy atom. The first kappa shape index (κ1) is 18.5. The molecule has 3 aromatic rings. The van der Waals surface area contributed by atoms with Crippen LogP contribution in [0.2, 0.25) is 0 Å². The third-order valence-electron chi connectivity index (χ3n) is 5.10. The summed E-state index contributed by atoms with van der Waals surface area (Å²) in [6.45, 7) is 3.24. The minimum absolute atomic E-state index is 0.542. The smallest absolute Gasteiger partial charge is 0.203 e. The molecule has 0 spiro atoms. The van der Waals surface area contributed by atoms with Crippen LogP contribution in [0.3, 0.4) is 0 Å². The van der Waals surface area contributed by atoms with Crippen molar-refractivity contribution in [2.45, 2.75) is 32.1 Å². The van der Waals surface area contributed by atoms with Crippen LogP contribution in [0, 0.1) is 4.77 Å². The summed E-state index contributed by atoms with van der Waals surface area (Å²) >= 11 is 7.63. The Labute approximate surface area is 168 Å². The molecule has 4 rings (SSSR count). The van der Waals surface area contributed by atoms with Crippen molar-refractivity contribution in [3.05, 3.63) is 51.7 Å². The summed E-state index contributed by atoms with van der Waals surface area (Å²) in [7, 11) is 1.71. The van der Waals surface area contributed by atoms with Gasteiger partial charge < -0.3 is 9.64 Å². The zero-order valence-corrected chi connectivity index (χ0v) is 17.0. The van der Waals surface area contributed by atoms with Crippen molar-refractivity contribution in [1.29, 1.82) is 0 Å². The summed E-state index contributed by atoms with van der Waals surface area (Å²) in [5.74, 6) is 0.880. The third-order valence-corrected chi connectivity index (χ3v) is 6.52. The number of hydrogen-bond acceptors (Lipinski definition) is 5. The highest BCUT2D eigenvalue weighted by Crippen LogP contribution is 2.24. The van der Waals surface area contributed by atoms with Gasteiger partial charge in [-0.05, 0) is 35.8 Å². The lowest BCUT2D eigenvalue weighted by molar-refractivity contribution is -0.941. The molecule has 6 nitrogen and oxygen atoms in total. The van der Waals surface area contributed by atoms with Gasteiger partial charge in [-0.1, -0.05) is 6.07 Å². The van der Waals surface area contributed by atoms with E-state index in [1.54, 1.807) is 19.5 Å². The number of rotatable bonds is 7. The topological polar surface area (TPSA) is 49.3 Å². The molecule has 1 aliphatic heterocycles. The number of ether oxygens (including phenoxy) is 1. The van der Waals surface area contributed by atoms with E-state index >= 15 is 0 Å². The molecular weight excluding hydrogens is 378 g/mol. The van der Waals surface area contributed by atoms with E-state index in [2.05, 4.69) is 27.1 Å². The molecule has 8 heteroatoms. The van der Waals surface area contributed by atoms with Gasteiger partial charge in [0.15, 0.2) is 12.5 Å². The number of thiophene rings is 1. The van der Waals surface area contributed by atoms with Crippen LogP contribution in [0.15, 0.2) is 42.0 Å². The highest BCUT2D eigenvalue weighted by atomic mass is 32.1. The molecule has 3 aromatic heterocycles. The number of hydrogen-bond donors (Lipinski definition) is 1. The molecule has 1 N–H and O–H groups in total. The highest BCUT2D eigenvalue weighted by molar-refractivity contribution is 7.71. The standard InChI is InChI=1S/C19H23N5OS2/c1-25-12-11-23-18(15-6-8-20-9-7-15)21-24(19(23)26)14-22-10-2-4-16(22)17-5-3-13-27-17/h3,5-9,13,16H,2,4,10-12,14H2,1H3/p+1/t16-/m1/s1. The van der Waals surface area contributed by atoms with Gasteiger partial charge in [0.1, 0.15) is 6.04 Å². The van der Waals surface area contributed by atoms with Crippen molar-refractivity contribution >= 4 is 23.6 Å². The van der Waals surface area contributed by atoms with Crippen LogP contribution in [-0.2, 0) is 18.0 Å². The fourth-order valence-electron chi connectivity index (χ4n) is 3.77. The molecular formula is C19H24N5OS2+. The van der Waals surface area contributed by atoms with E-state index in [4.69, 9.17) is 22.1 Å². The second kappa shape index (κ2) is 8.43. The zero-order valence-electron chi connectivity index (χ0n) is 15.4. The molecule has 1 saturated heterocycles. The first-order valence-electron chi connectivity index (χ1n) is 9.23. The fourth-order valence-corrected chi connectivity index (χ4v) is 4.97. The van der Waals surface area contributed by atoms with E-state index in [9.17, 15) is 0 Å². The number of nitrogens with one attached hydrogen (secondary N) is 1. The average Bonchev–Trinajstić information content (AvgIpc) is 3.43. The monoisotopic (exact) mass is 402 g/mol. The minimum atomic E-state index is 0.542. The number of aromatic nitrogens is 4. The molecule has 0 aromatic carbocycles. The Balaban J connectivity index is 1.65. The van der Waals surface area contributed by atoms with Gasteiger partial charge in [0.2, 0.25) is 4.77 Å². The normalized spacial score (nSPS) is 19.6. The zero-order chi connectivity index (χ0) is 18.6. The maximum absolute atomic E-state index is 5.78. The highest BCUT2D eigenvalue weighted by Gasteiger charge is 2.31. The molecule has 0 radical (unpaired) electrons. The molecule has 0 bridgehead atoms. The van der Waals surface area contributed by atoms with Crippen molar-refractivity contribution in [2.24, 2.45) is 0 Å². The lowest BCUT2D eigenvalue weighted by atomic mass is 10.2. The van der Waals surface area contributed by atoms with Gasteiger partial charge in [0.25, 0.3) is 0 Å². The molecule has 27 heavy (non-hydrogen) atoms. The fraction of sp³-hybridized carbons (Fsp3) is 0.421. The van der Waals surface area contributed by atoms with Gasteiger partial charge in [-0.2, -0.15) is 4.68 Å². The number of pyridine rings is 1. The molecule has 0 saturated carbocycles. The molecule has 0 amide bonds. The summed E-state index contributed by atoms with van der Waals surface area (Å²) in [4.78, 5) is 7.11. The van der Waals surface area contributed by atoms with Crippen molar-refractivity contribution in [3.8, 4) is 11.4 Å². The van der Waals surface area contributed by atoms with Crippen LogP contribution in [0.5, 0.6) is 0 Å². The lowest BCUT2D eigenvalue weighted by Gasteiger charge is -2.20. The Morgan fingerprint density at radius 2 is 2.19 bits per heavy atom. The Hall–Kier alpha value is -1.87. The largest absolute Gasteiger partial charge is 0.383 e. The molecule has 1 fully saturated rings. The van der Waals surface area contributed by atoms with Crippen LogP contribution >= 0.6 is 23.6 Å². The number of quaternary nitrogens is 1. The lowest BCUT2D eigenvalue weighted by Crippen LogP contribution is -3.09. The van der Waals surface area contributed by atoms with Crippen LogP contribution in [-0.4, -0.2) is 39.6 Å². The number of methoxy groups -OCH3 is 1. The van der Waals surface area contributed by atoms with E-state index in [0.29, 0.717) is 19.2 Å². The van der Waals surface area contributed by atoms with Gasteiger partial charge in [-0.15, -0.1) is 16.4 Å².